The van der Waals surface area contributed by atoms with Crippen LogP contribution in [0.4, 0.5) is 4.79 Å². The van der Waals surface area contributed by atoms with Gasteiger partial charge >= 0.3 is 6.09 Å². The van der Waals surface area contributed by atoms with Crippen molar-refractivity contribution < 1.29 is 14.6 Å². The molecule has 3 rings (SSSR count). The summed E-state index contributed by atoms with van der Waals surface area (Å²) in [6.07, 6.45) is 4.61. The highest BCUT2D eigenvalue weighted by Gasteiger charge is 2.16. The lowest BCUT2D eigenvalue weighted by Gasteiger charge is -2.20. The number of aliphatic hydroxyl groups is 1. The third-order valence-electron chi connectivity index (χ3n) is 4.52. The maximum atomic E-state index is 11.9. The Balaban J connectivity index is 1.79. The van der Waals surface area contributed by atoms with Crippen molar-refractivity contribution in [2.45, 2.75) is 52.7 Å². The summed E-state index contributed by atoms with van der Waals surface area (Å²) in [6.45, 7) is 8.10. The largest absolute Gasteiger partial charge is 0.444 e. The Bertz CT molecular complexity index is 1000. The topological polar surface area (TPSA) is 88.8 Å². The van der Waals surface area contributed by atoms with Gasteiger partial charge < -0.3 is 15.2 Å². The third-order valence-corrected chi connectivity index (χ3v) is 4.52. The maximum Gasteiger partial charge on any atom is 0.407 e. The molecule has 2 N–H and O–H groups in total. The highest BCUT2D eigenvalue weighted by molar-refractivity contribution is 5.77. The van der Waals surface area contributed by atoms with E-state index in [2.05, 4.69) is 27.5 Å². The molecule has 0 aliphatic heterocycles. The number of alkyl carbamates (subject to hydrolysis) is 1. The van der Waals surface area contributed by atoms with E-state index in [1.165, 1.54) is 0 Å². The van der Waals surface area contributed by atoms with Crippen molar-refractivity contribution in [1.82, 2.24) is 19.9 Å². The Morgan fingerprint density at radius 2 is 2.07 bits per heavy atom. The molecular formula is C22H28N4O3. The second-order valence-electron chi connectivity index (χ2n) is 8.11. The zero-order valence-electron chi connectivity index (χ0n) is 17.4. The minimum absolute atomic E-state index is 0.169. The van der Waals surface area contributed by atoms with Gasteiger partial charge in [-0.05, 0) is 69.4 Å². The summed E-state index contributed by atoms with van der Waals surface area (Å²) in [5, 5.41) is 16.1. The number of fused-ring (bicyclic) bond motifs is 1. The summed E-state index contributed by atoms with van der Waals surface area (Å²) in [5.41, 5.74) is 5.45. The van der Waals surface area contributed by atoms with Crippen molar-refractivity contribution in [3.8, 4) is 11.3 Å². The van der Waals surface area contributed by atoms with Crippen LogP contribution in [0.3, 0.4) is 0 Å². The van der Waals surface area contributed by atoms with Crippen LogP contribution in [-0.2, 0) is 17.7 Å². The van der Waals surface area contributed by atoms with Crippen LogP contribution < -0.4 is 5.32 Å². The van der Waals surface area contributed by atoms with Crippen molar-refractivity contribution in [2.75, 3.05) is 6.61 Å². The molecule has 2 heterocycles. The first-order valence-corrected chi connectivity index (χ1v) is 9.77. The van der Waals surface area contributed by atoms with Gasteiger partial charge in [0.25, 0.3) is 0 Å². The zero-order valence-corrected chi connectivity index (χ0v) is 17.4. The minimum atomic E-state index is -0.519. The van der Waals surface area contributed by atoms with Gasteiger partial charge in [-0.2, -0.15) is 5.10 Å². The quantitative estimate of drug-likeness (QED) is 0.664. The summed E-state index contributed by atoms with van der Waals surface area (Å²) in [6, 6.07) is 8.13. The molecule has 29 heavy (non-hydrogen) atoms. The van der Waals surface area contributed by atoms with Crippen molar-refractivity contribution in [2.24, 2.45) is 0 Å². The van der Waals surface area contributed by atoms with Crippen LogP contribution in [0.2, 0.25) is 0 Å². The number of ether oxygens (including phenoxy) is 1. The van der Waals surface area contributed by atoms with Crippen LogP contribution in [0.25, 0.3) is 16.8 Å². The number of hydrogen-bond donors (Lipinski definition) is 2. The van der Waals surface area contributed by atoms with Gasteiger partial charge in [0.1, 0.15) is 11.9 Å². The molecule has 2 aromatic heterocycles. The van der Waals surface area contributed by atoms with E-state index in [9.17, 15) is 4.79 Å². The van der Waals surface area contributed by atoms with Gasteiger partial charge in [-0.15, -0.1) is 0 Å². The molecule has 0 aliphatic rings. The van der Waals surface area contributed by atoms with Crippen LogP contribution in [0.1, 0.15) is 43.9 Å². The number of hydrogen-bond acceptors (Lipinski definition) is 5. The van der Waals surface area contributed by atoms with Crippen LogP contribution >= 0.6 is 0 Å². The number of aryl methyl sites for hydroxylation is 2. The van der Waals surface area contributed by atoms with Gasteiger partial charge in [-0.1, -0.05) is 12.1 Å². The molecular weight excluding hydrogens is 368 g/mol. The van der Waals surface area contributed by atoms with E-state index in [0.29, 0.717) is 6.54 Å². The average Bonchev–Trinajstić information content (AvgIpc) is 3.07. The second kappa shape index (κ2) is 8.61. The average molecular weight is 396 g/mol. The van der Waals surface area contributed by atoms with E-state index in [4.69, 9.17) is 9.84 Å². The van der Waals surface area contributed by atoms with Crippen LogP contribution in [0, 0.1) is 6.92 Å². The third kappa shape index (κ3) is 5.32. The summed E-state index contributed by atoms with van der Waals surface area (Å²) in [7, 11) is 0. The SMILES string of the molecule is Cc1cc(-c2ncnn3cc(CCCO)cc23)ccc1CNC(=O)OC(C)(C)C. The van der Waals surface area contributed by atoms with Gasteiger partial charge in [0.15, 0.2) is 0 Å². The van der Waals surface area contributed by atoms with Crippen molar-refractivity contribution in [3.05, 3.63) is 53.5 Å². The molecule has 3 aromatic rings. The fourth-order valence-electron chi connectivity index (χ4n) is 3.15. The summed E-state index contributed by atoms with van der Waals surface area (Å²) in [4.78, 5) is 16.4. The van der Waals surface area contributed by atoms with Crippen LogP contribution in [0.15, 0.2) is 36.8 Å². The predicted octanol–water partition coefficient (Wildman–Crippen LogP) is 3.65. The molecule has 1 amide bonds. The summed E-state index contributed by atoms with van der Waals surface area (Å²) >= 11 is 0. The molecule has 7 heteroatoms. The molecule has 0 unspecified atom stereocenters. The second-order valence-corrected chi connectivity index (χ2v) is 8.11. The number of carbonyl (C=O) groups excluding carboxylic acids is 1. The first kappa shape index (κ1) is 20.8. The Labute approximate surface area is 170 Å². The van der Waals surface area contributed by atoms with Gasteiger partial charge in [0.2, 0.25) is 0 Å². The Kier molecular flexibility index (Phi) is 6.17. The van der Waals surface area contributed by atoms with Crippen LogP contribution in [0.5, 0.6) is 0 Å². The molecule has 0 spiro atoms. The number of nitrogens with zero attached hydrogens (tertiary/aromatic N) is 3. The van der Waals surface area contributed by atoms with Crippen molar-refractivity contribution >= 4 is 11.6 Å². The summed E-state index contributed by atoms with van der Waals surface area (Å²) in [5.74, 6) is 0. The predicted molar refractivity (Wildman–Crippen MR) is 112 cm³/mol. The van der Waals surface area contributed by atoms with E-state index in [1.54, 1.807) is 6.33 Å². The Hall–Kier alpha value is -2.93. The Morgan fingerprint density at radius 3 is 2.76 bits per heavy atom. The van der Waals surface area contributed by atoms with Gasteiger partial charge in [0.05, 0.1) is 11.2 Å². The molecule has 0 aliphatic carbocycles. The first-order chi connectivity index (χ1) is 13.8. The number of rotatable bonds is 6. The minimum Gasteiger partial charge on any atom is -0.444 e. The molecule has 7 nitrogen and oxygen atoms in total. The zero-order chi connectivity index (χ0) is 21.0. The lowest BCUT2D eigenvalue weighted by Crippen LogP contribution is -2.32. The Morgan fingerprint density at radius 1 is 1.28 bits per heavy atom. The van der Waals surface area contributed by atoms with E-state index < -0.39 is 11.7 Å². The van der Waals surface area contributed by atoms with E-state index in [1.807, 2.05) is 50.5 Å². The molecule has 0 fully saturated rings. The van der Waals surface area contributed by atoms with Gasteiger partial charge in [0, 0.05) is 24.9 Å². The van der Waals surface area contributed by atoms with Gasteiger partial charge in [-0.25, -0.2) is 14.3 Å². The number of nitrogens with one attached hydrogen (secondary N) is 1. The molecule has 1 aromatic carbocycles. The van der Waals surface area contributed by atoms with E-state index >= 15 is 0 Å². The van der Waals surface area contributed by atoms with Crippen molar-refractivity contribution in [3.63, 3.8) is 0 Å². The lowest BCUT2D eigenvalue weighted by atomic mass is 10.0. The molecule has 154 valence electrons. The van der Waals surface area contributed by atoms with E-state index in [0.717, 1.165) is 46.3 Å². The summed E-state index contributed by atoms with van der Waals surface area (Å²) < 4.78 is 7.11. The molecule has 0 atom stereocenters. The molecule has 0 bridgehead atoms. The highest BCUT2D eigenvalue weighted by Crippen LogP contribution is 2.26. The monoisotopic (exact) mass is 396 g/mol. The lowest BCUT2D eigenvalue weighted by molar-refractivity contribution is 0.0523. The molecule has 0 saturated carbocycles. The first-order valence-electron chi connectivity index (χ1n) is 9.77. The number of benzene rings is 1. The number of aliphatic hydroxyl groups excluding tert-OH is 1. The number of aromatic nitrogens is 3. The van der Waals surface area contributed by atoms with Crippen molar-refractivity contribution in [1.29, 1.82) is 0 Å². The standard InChI is InChI=1S/C22H28N4O3/c1-15-10-17(7-8-18(15)12-23-21(28)29-22(2,3)4)20-19-11-16(6-5-9-27)13-26(19)25-14-24-20/h7-8,10-11,13-14,27H,5-6,9,12H2,1-4H3,(H,23,28). The number of amides is 1. The smallest absolute Gasteiger partial charge is 0.407 e. The molecule has 0 saturated heterocycles. The molecule has 0 radical (unpaired) electrons. The highest BCUT2D eigenvalue weighted by atomic mass is 16.6. The fraction of sp³-hybridized carbons (Fsp3) is 0.409. The van der Waals surface area contributed by atoms with Crippen LogP contribution in [-0.4, -0.2) is 38.0 Å². The fourth-order valence-corrected chi connectivity index (χ4v) is 3.15. The normalized spacial score (nSPS) is 11.6. The van der Waals surface area contributed by atoms with Gasteiger partial charge in [-0.3, -0.25) is 0 Å². The number of carbonyl (C=O) groups is 1. The maximum absolute atomic E-state index is 11.9. The van der Waals surface area contributed by atoms with E-state index in [-0.39, 0.29) is 6.61 Å².